The lowest BCUT2D eigenvalue weighted by molar-refractivity contribution is 0.115. The molecule has 1 aliphatic heterocycles. The molecule has 4 rings (SSSR count). The van der Waals surface area contributed by atoms with E-state index in [1.165, 1.54) is 18.4 Å². The van der Waals surface area contributed by atoms with Gasteiger partial charge in [-0.25, -0.2) is 4.79 Å². The molecule has 4 atom stereocenters. The summed E-state index contributed by atoms with van der Waals surface area (Å²) in [5.41, 5.74) is 1.27. The van der Waals surface area contributed by atoms with Crippen LogP contribution in [-0.4, -0.2) is 30.7 Å². The minimum atomic E-state index is -0.0882. The molecule has 20 heavy (non-hydrogen) atoms. The van der Waals surface area contributed by atoms with Crippen LogP contribution in [0.25, 0.3) is 0 Å². The normalized spacial score (nSPS) is 38.0. The first-order chi connectivity index (χ1) is 9.81. The Hall–Kier alpha value is -1.25. The van der Waals surface area contributed by atoms with Gasteiger partial charge in [0.1, 0.15) is 6.61 Å². The molecule has 3 fully saturated rings. The largest absolute Gasteiger partial charge is 0.445 e. The van der Waals surface area contributed by atoms with Gasteiger partial charge in [0.15, 0.2) is 0 Å². The molecule has 1 heterocycles. The summed E-state index contributed by atoms with van der Waals surface area (Å²) in [5.74, 6) is 3.50. The molecule has 0 aromatic rings. The number of allylic oxidation sites excluding steroid dienone is 3. The molecule has 2 saturated carbocycles. The van der Waals surface area contributed by atoms with Crippen molar-refractivity contribution in [3.8, 4) is 0 Å². The maximum absolute atomic E-state index is 12.2. The van der Waals surface area contributed by atoms with Crippen molar-refractivity contribution in [2.24, 2.45) is 23.7 Å². The SMILES string of the molecule is O=C(OCC1=CCC=CCC1)N1C[C@@H]2CC3CC3[C@@H]2C1. The van der Waals surface area contributed by atoms with Crippen molar-refractivity contribution in [1.82, 2.24) is 4.90 Å². The van der Waals surface area contributed by atoms with Gasteiger partial charge < -0.3 is 9.64 Å². The van der Waals surface area contributed by atoms with Crippen molar-refractivity contribution in [2.45, 2.75) is 32.1 Å². The second-order valence-corrected chi connectivity index (χ2v) is 6.89. The minimum Gasteiger partial charge on any atom is -0.445 e. The van der Waals surface area contributed by atoms with Crippen LogP contribution in [0.4, 0.5) is 4.79 Å². The number of hydrogen-bond acceptors (Lipinski definition) is 2. The molecule has 3 aliphatic carbocycles. The van der Waals surface area contributed by atoms with E-state index in [9.17, 15) is 4.79 Å². The molecule has 1 saturated heterocycles. The zero-order chi connectivity index (χ0) is 13.5. The highest BCUT2D eigenvalue weighted by atomic mass is 16.6. The van der Waals surface area contributed by atoms with E-state index in [0.717, 1.165) is 56.0 Å². The Balaban J connectivity index is 1.27. The number of hydrogen-bond donors (Lipinski definition) is 0. The molecule has 4 aliphatic rings. The first-order valence-electron chi connectivity index (χ1n) is 8.06. The smallest absolute Gasteiger partial charge is 0.410 e. The Bertz CT molecular complexity index is 468. The molecule has 0 aromatic heterocycles. The second kappa shape index (κ2) is 4.94. The molecular weight excluding hydrogens is 250 g/mol. The quantitative estimate of drug-likeness (QED) is 0.722. The lowest BCUT2D eigenvalue weighted by atomic mass is 9.95. The van der Waals surface area contributed by atoms with Crippen molar-refractivity contribution in [2.75, 3.05) is 19.7 Å². The topological polar surface area (TPSA) is 29.5 Å². The number of nitrogens with zero attached hydrogens (tertiary/aromatic N) is 1. The third kappa shape index (κ3) is 2.27. The van der Waals surface area contributed by atoms with Gasteiger partial charge in [0.25, 0.3) is 0 Å². The van der Waals surface area contributed by atoms with Gasteiger partial charge in [-0.2, -0.15) is 0 Å². The summed E-state index contributed by atoms with van der Waals surface area (Å²) < 4.78 is 5.53. The minimum absolute atomic E-state index is 0.0882. The second-order valence-electron chi connectivity index (χ2n) is 6.89. The van der Waals surface area contributed by atoms with Crippen LogP contribution in [0.5, 0.6) is 0 Å². The number of fused-ring (bicyclic) bond motifs is 3. The fourth-order valence-electron chi connectivity index (χ4n) is 4.43. The first kappa shape index (κ1) is 12.5. The molecule has 1 amide bonds. The summed E-state index contributed by atoms with van der Waals surface area (Å²) in [5, 5.41) is 0. The maximum atomic E-state index is 12.2. The summed E-state index contributed by atoms with van der Waals surface area (Å²) in [6.45, 7) is 2.38. The van der Waals surface area contributed by atoms with Gasteiger partial charge in [0.2, 0.25) is 0 Å². The number of amides is 1. The molecule has 0 aromatic carbocycles. The zero-order valence-electron chi connectivity index (χ0n) is 12.0. The Morgan fingerprint density at radius 1 is 1.20 bits per heavy atom. The van der Waals surface area contributed by atoms with Gasteiger partial charge in [-0.3, -0.25) is 0 Å². The maximum Gasteiger partial charge on any atom is 0.410 e. The van der Waals surface area contributed by atoms with Crippen molar-refractivity contribution in [3.63, 3.8) is 0 Å². The standard InChI is InChI=1S/C17H23NO2/c19-17(20-11-12-5-3-1-2-4-6-12)18-9-14-7-13-8-15(13)16(14)10-18/h1-2,5,13-16H,3-4,6-11H2/t13?,14-,15?,16+/m0/s1. The van der Waals surface area contributed by atoms with Crippen LogP contribution in [0.3, 0.4) is 0 Å². The predicted molar refractivity (Wildman–Crippen MR) is 77.2 cm³/mol. The van der Waals surface area contributed by atoms with E-state index in [1.54, 1.807) is 0 Å². The fourth-order valence-corrected chi connectivity index (χ4v) is 4.43. The lowest BCUT2D eigenvalue weighted by Gasteiger charge is -2.17. The van der Waals surface area contributed by atoms with Crippen LogP contribution in [0, 0.1) is 23.7 Å². The Labute approximate surface area is 120 Å². The molecule has 108 valence electrons. The van der Waals surface area contributed by atoms with Gasteiger partial charge in [-0.05, 0) is 61.3 Å². The molecule has 3 heteroatoms. The highest BCUT2D eigenvalue weighted by Gasteiger charge is 2.56. The Kier molecular flexibility index (Phi) is 3.08. The van der Waals surface area contributed by atoms with E-state index in [4.69, 9.17) is 4.74 Å². The zero-order valence-corrected chi connectivity index (χ0v) is 12.0. The van der Waals surface area contributed by atoms with Crippen LogP contribution in [-0.2, 0) is 4.74 Å². The third-order valence-corrected chi connectivity index (χ3v) is 5.60. The van der Waals surface area contributed by atoms with Gasteiger partial charge in [0, 0.05) is 13.1 Å². The molecule has 0 N–H and O–H groups in total. The van der Waals surface area contributed by atoms with Crippen LogP contribution in [0.2, 0.25) is 0 Å². The number of carbonyl (C=O) groups excluding carboxylic acids is 1. The summed E-state index contributed by atoms with van der Waals surface area (Å²) in [7, 11) is 0. The van der Waals surface area contributed by atoms with Gasteiger partial charge in [0.05, 0.1) is 0 Å². The van der Waals surface area contributed by atoms with Crippen molar-refractivity contribution >= 4 is 6.09 Å². The van der Waals surface area contributed by atoms with E-state index in [0.29, 0.717) is 6.61 Å². The Morgan fingerprint density at radius 2 is 2.15 bits per heavy atom. The van der Waals surface area contributed by atoms with Crippen molar-refractivity contribution < 1.29 is 9.53 Å². The summed E-state index contributed by atoms with van der Waals surface area (Å²) in [6, 6.07) is 0. The number of likely N-dealkylation sites (tertiary alicyclic amines) is 1. The van der Waals surface area contributed by atoms with E-state index in [-0.39, 0.29) is 6.09 Å². The van der Waals surface area contributed by atoms with E-state index >= 15 is 0 Å². The van der Waals surface area contributed by atoms with Gasteiger partial charge >= 0.3 is 6.09 Å². The van der Waals surface area contributed by atoms with Crippen molar-refractivity contribution in [1.29, 1.82) is 0 Å². The van der Waals surface area contributed by atoms with E-state index < -0.39 is 0 Å². The fraction of sp³-hybridized carbons (Fsp3) is 0.706. The van der Waals surface area contributed by atoms with Crippen LogP contribution in [0.15, 0.2) is 23.8 Å². The predicted octanol–water partition coefficient (Wildman–Crippen LogP) is 3.38. The summed E-state index contributed by atoms with van der Waals surface area (Å²) >= 11 is 0. The molecule has 0 radical (unpaired) electrons. The summed E-state index contributed by atoms with van der Waals surface area (Å²) in [4.78, 5) is 14.1. The third-order valence-electron chi connectivity index (χ3n) is 5.60. The number of ether oxygens (including phenoxy) is 1. The van der Waals surface area contributed by atoms with Gasteiger partial charge in [-0.15, -0.1) is 0 Å². The number of rotatable bonds is 2. The Morgan fingerprint density at radius 3 is 3.05 bits per heavy atom. The number of carbonyl (C=O) groups is 1. The molecule has 2 unspecified atom stereocenters. The monoisotopic (exact) mass is 273 g/mol. The van der Waals surface area contributed by atoms with Crippen molar-refractivity contribution in [3.05, 3.63) is 23.8 Å². The molecule has 3 nitrogen and oxygen atoms in total. The van der Waals surface area contributed by atoms with Crippen LogP contribution >= 0.6 is 0 Å². The van der Waals surface area contributed by atoms with E-state index in [2.05, 4.69) is 18.2 Å². The average molecular weight is 273 g/mol. The molecule has 0 spiro atoms. The van der Waals surface area contributed by atoms with Gasteiger partial charge in [-0.1, -0.05) is 18.2 Å². The molecule has 0 bridgehead atoms. The highest BCUT2D eigenvalue weighted by Crippen LogP contribution is 2.60. The average Bonchev–Trinajstić information content (AvgIpc) is 3.05. The lowest BCUT2D eigenvalue weighted by Crippen LogP contribution is -2.30. The first-order valence-corrected chi connectivity index (χ1v) is 8.06. The summed E-state index contributed by atoms with van der Waals surface area (Å²) in [6.07, 6.45) is 12.4. The van der Waals surface area contributed by atoms with Crippen LogP contribution in [0.1, 0.15) is 32.1 Å². The van der Waals surface area contributed by atoms with E-state index in [1.807, 2.05) is 4.90 Å². The highest BCUT2D eigenvalue weighted by molar-refractivity contribution is 5.68. The van der Waals surface area contributed by atoms with Crippen LogP contribution < -0.4 is 0 Å². The molecular formula is C17H23NO2.